The van der Waals surface area contributed by atoms with Crippen LogP contribution in [0.5, 0.6) is 0 Å². The Hall–Kier alpha value is -0.715. The standard InChI is InChI=1S/C7H13BF2N3O/c9-7(10)4-14-6-3-1-2-5(6)8-12-13-11/h5-7H,1-4H2,(H2,11,12)/t5-,6+/m1/s1. The summed E-state index contributed by atoms with van der Waals surface area (Å²) in [6.07, 6.45) is 0.0951. The fourth-order valence-electron chi connectivity index (χ4n) is 1.65. The molecule has 1 aliphatic rings. The lowest BCUT2D eigenvalue weighted by atomic mass is 9.74. The Morgan fingerprint density at radius 3 is 2.93 bits per heavy atom. The molecule has 4 nitrogen and oxygen atoms in total. The molecule has 0 unspecified atom stereocenters. The Bertz CT molecular complexity index is 194. The lowest BCUT2D eigenvalue weighted by Crippen LogP contribution is -2.20. The number of nitrogens with zero attached hydrogens (tertiary/aromatic N) is 2. The van der Waals surface area contributed by atoms with Crippen LogP contribution in [0.4, 0.5) is 8.78 Å². The highest BCUT2D eigenvalue weighted by Crippen LogP contribution is 2.32. The number of nitrogens with two attached hydrogens (primary N) is 1. The minimum Gasteiger partial charge on any atom is -0.373 e. The summed E-state index contributed by atoms with van der Waals surface area (Å²) < 4.78 is 28.8. The van der Waals surface area contributed by atoms with E-state index >= 15 is 0 Å². The van der Waals surface area contributed by atoms with Gasteiger partial charge in [-0.25, -0.2) is 13.8 Å². The number of ether oxygens (including phenoxy) is 1. The first-order chi connectivity index (χ1) is 6.74. The van der Waals surface area contributed by atoms with E-state index in [0.29, 0.717) is 0 Å². The molecular formula is C7H13BF2N3O. The van der Waals surface area contributed by atoms with Gasteiger partial charge in [0.05, 0.1) is 6.10 Å². The summed E-state index contributed by atoms with van der Waals surface area (Å²) >= 11 is 0. The average molecular weight is 204 g/mol. The summed E-state index contributed by atoms with van der Waals surface area (Å²) in [5, 5.41) is 6.64. The number of rotatable bonds is 5. The van der Waals surface area contributed by atoms with Gasteiger partial charge in [-0.05, 0) is 12.2 Å². The lowest BCUT2D eigenvalue weighted by molar-refractivity contribution is -0.0209. The van der Waals surface area contributed by atoms with E-state index in [1.807, 2.05) is 0 Å². The molecule has 14 heavy (non-hydrogen) atoms. The molecule has 1 saturated carbocycles. The molecular weight excluding hydrogens is 191 g/mol. The Labute approximate surface area is 82.1 Å². The monoisotopic (exact) mass is 204 g/mol. The van der Waals surface area contributed by atoms with E-state index in [-0.39, 0.29) is 11.9 Å². The smallest absolute Gasteiger partial charge is 0.314 e. The van der Waals surface area contributed by atoms with Crippen molar-refractivity contribution >= 4 is 7.41 Å². The van der Waals surface area contributed by atoms with Crippen molar-refractivity contribution < 1.29 is 13.5 Å². The number of halogens is 2. The zero-order valence-electron chi connectivity index (χ0n) is 7.77. The van der Waals surface area contributed by atoms with Gasteiger partial charge >= 0.3 is 7.41 Å². The Morgan fingerprint density at radius 1 is 1.50 bits per heavy atom. The van der Waals surface area contributed by atoms with E-state index in [1.165, 1.54) is 0 Å². The molecule has 1 rings (SSSR count). The van der Waals surface area contributed by atoms with E-state index in [4.69, 9.17) is 10.6 Å². The van der Waals surface area contributed by atoms with Gasteiger partial charge in [-0.15, -0.1) is 0 Å². The molecule has 2 N–H and O–H groups in total. The van der Waals surface area contributed by atoms with Gasteiger partial charge in [-0.1, -0.05) is 18.1 Å². The second-order valence-corrected chi connectivity index (χ2v) is 3.24. The zero-order valence-corrected chi connectivity index (χ0v) is 7.77. The fourth-order valence-corrected chi connectivity index (χ4v) is 1.65. The summed E-state index contributed by atoms with van der Waals surface area (Å²) in [6, 6.07) is 0. The predicted molar refractivity (Wildman–Crippen MR) is 48.1 cm³/mol. The molecule has 1 fully saturated rings. The molecule has 1 radical (unpaired) electrons. The summed E-state index contributed by atoms with van der Waals surface area (Å²) in [7, 11) is 1.57. The maximum atomic E-state index is 11.9. The van der Waals surface area contributed by atoms with E-state index in [2.05, 4.69) is 10.2 Å². The van der Waals surface area contributed by atoms with Gasteiger partial charge in [0.15, 0.2) is 0 Å². The van der Waals surface area contributed by atoms with Gasteiger partial charge in [-0.3, -0.25) is 0 Å². The quantitative estimate of drug-likeness (QED) is 0.319. The highest BCUT2D eigenvalue weighted by molar-refractivity contribution is 6.35. The van der Waals surface area contributed by atoms with Crippen LogP contribution in [-0.4, -0.2) is 26.6 Å². The summed E-state index contributed by atoms with van der Waals surface area (Å²) in [5.41, 5.74) is 0. The van der Waals surface area contributed by atoms with Gasteiger partial charge in [-0.2, -0.15) is 0 Å². The van der Waals surface area contributed by atoms with Crippen LogP contribution in [0.1, 0.15) is 19.3 Å². The van der Waals surface area contributed by atoms with E-state index in [0.717, 1.165) is 19.3 Å². The lowest BCUT2D eigenvalue weighted by Gasteiger charge is -2.16. The fraction of sp³-hybridized carbons (Fsp3) is 1.00. The Balaban J connectivity index is 2.27. The highest BCUT2D eigenvalue weighted by Gasteiger charge is 2.29. The van der Waals surface area contributed by atoms with Crippen LogP contribution in [0.3, 0.4) is 0 Å². The first-order valence-corrected chi connectivity index (χ1v) is 4.57. The highest BCUT2D eigenvalue weighted by atomic mass is 19.3. The van der Waals surface area contributed by atoms with Crippen LogP contribution in [-0.2, 0) is 4.74 Å². The van der Waals surface area contributed by atoms with Crippen molar-refractivity contribution in [2.75, 3.05) is 6.61 Å². The van der Waals surface area contributed by atoms with Gasteiger partial charge in [0.2, 0.25) is 0 Å². The average Bonchev–Trinajstić information content (AvgIpc) is 2.58. The maximum Gasteiger partial charge on any atom is 0.314 e. The molecule has 0 aliphatic heterocycles. The molecule has 0 aromatic rings. The molecule has 0 aromatic carbocycles. The SMILES string of the molecule is N/N=N/[B][C@@H]1CCC[C@@H]1OCC(F)F. The minimum absolute atomic E-state index is 0.0704. The molecule has 0 bridgehead atoms. The zero-order chi connectivity index (χ0) is 10.4. The van der Waals surface area contributed by atoms with Crippen LogP contribution in [0.25, 0.3) is 0 Å². The normalized spacial score (nSPS) is 27.6. The second kappa shape index (κ2) is 5.90. The molecule has 0 aromatic heterocycles. The molecule has 2 atom stereocenters. The maximum absolute atomic E-state index is 11.9. The third-order valence-corrected chi connectivity index (χ3v) is 2.26. The molecule has 1 aliphatic carbocycles. The van der Waals surface area contributed by atoms with Crippen LogP contribution >= 0.6 is 0 Å². The Morgan fingerprint density at radius 2 is 2.29 bits per heavy atom. The second-order valence-electron chi connectivity index (χ2n) is 3.24. The summed E-state index contributed by atoms with van der Waals surface area (Å²) in [5.74, 6) is 4.91. The third-order valence-electron chi connectivity index (χ3n) is 2.26. The van der Waals surface area contributed by atoms with Gasteiger partial charge in [0.25, 0.3) is 6.43 Å². The van der Waals surface area contributed by atoms with Crippen molar-refractivity contribution in [2.24, 2.45) is 16.1 Å². The molecule has 7 heteroatoms. The van der Waals surface area contributed by atoms with E-state index in [9.17, 15) is 8.78 Å². The van der Waals surface area contributed by atoms with Crippen molar-refractivity contribution in [3.8, 4) is 0 Å². The van der Waals surface area contributed by atoms with Gasteiger partial charge in [0, 0.05) is 0 Å². The first-order valence-electron chi connectivity index (χ1n) is 4.57. The number of hydrogen-bond acceptors (Lipinski definition) is 3. The molecule has 0 heterocycles. The van der Waals surface area contributed by atoms with Crippen LogP contribution < -0.4 is 5.84 Å². The minimum atomic E-state index is -2.41. The summed E-state index contributed by atoms with van der Waals surface area (Å²) in [4.78, 5) is 0. The van der Waals surface area contributed by atoms with Gasteiger partial charge < -0.3 is 10.6 Å². The molecule has 79 valence electrons. The van der Waals surface area contributed by atoms with E-state index < -0.39 is 13.0 Å². The first kappa shape index (κ1) is 11.4. The van der Waals surface area contributed by atoms with Crippen molar-refractivity contribution in [1.82, 2.24) is 0 Å². The van der Waals surface area contributed by atoms with Gasteiger partial charge in [0.1, 0.15) is 6.61 Å². The third kappa shape index (κ3) is 3.57. The van der Waals surface area contributed by atoms with Crippen molar-refractivity contribution in [2.45, 2.75) is 37.6 Å². The van der Waals surface area contributed by atoms with Crippen molar-refractivity contribution in [3.63, 3.8) is 0 Å². The van der Waals surface area contributed by atoms with Crippen molar-refractivity contribution in [3.05, 3.63) is 0 Å². The molecule has 0 saturated heterocycles. The number of alkyl halides is 2. The van der Waals surface area contributed by atoms with Crippen LogP contribution in [0.2, 0.25) is 5.82 Å². The molecule has 0 amide bonds. The van der Waals surface area contributed by atoms with E-state index in [1.54, 1.807) is 7.41 Å². The summed E-state index contributed by atoms with van der Waals surface area (Å²) in [6.45, 7) is -0.505. The number of hydrogen-bond donors (Lipinski definition) is 1. The molecule has 0 spiro atoms. The van der Waals surface area contributed by atoms with Crippen LogP contribution in [0.15, 0.2) is 10.2 Å². The Kier molecular flexibility index (Phi) is 4.79. The van der Waals surface area contributed by atoms with Crippen LogP contribution in [0, 0.1) is 0 Å². The topological polar surface area (TPSA) is 60.0 Å². The van der Waals surface area contributed by atoms with Crippen molar-refractivity contribution in [1.29, 1.82) is 0 Å². The largest absolute Gasteiger partial charge is 0.373 e. The predicted octanol–water partition coefficient (Wildman–Crippen LogP) is 1.55.